The maximum atomic E-state index is 13.0. The number of ether oxygens (including phenoxy) is 2. The standard InChI is InChI=1S/C24H25NO5/c1-15-12-25(13-16(2)29-15)22(26)14-28-19-9-10-20-21(11-19)30-17(3)23(24(20)27)18-7-5-4-6-8-18/h4-11,15-16H,12-14H2,1-3H3/t15-,16-/m0/s1. The molecule has 6 heteroatoms. The van der Waals surface area contributed by atoms with E-state index in [0.29, 0.717) is 41.1 Å². The van der Waals surface area contributed by atoms with Gasteiger partial charge >= 0.3 is 0 Å². The summed E-state index contributed by atoms with van der Waals surface area (Å²) in [6.45, 7) is 6.72. The van der Waals surface area contributed by atoms with Crippen molar-refractivity contribution < 1.29 is 18.7 Å². The number of aryl methyl sites for hydroxylation is 1. The SMILES string of the molecule is Cc1oc2cc(OCC(=O)N3C[C@H](C)O[C@@H](C)C3)ccc2c(=O)c1-c1ccccc1. The lowest BCUT2D eigenvalue weighted by Crippen LogP contribution is -2.49. The Morgan fingerprint density at radius 3 is 2.50 bits per heavy atom. The van der Waals surface area contributed by atoms with Crippen LogP contribution in [0, 0.1) is 6.92 Å². The second kappa shape index (κ2) is 8.32. The summed E-state index contributed by atoms with van der Waals surface area (Å²) in [7, 11) is 0. The van der Waals surface area contributed by atoms with E-state index in [2.05, 4.69) is 0 Å². The molecular formula is C24H25NO5. The number of carbonyl (C=O) groups is 1. The van der Waals surface area contributed by atoms with Crippen molar-refractivity contribution in [3.8, 4) is 16.9 Å². The average Bonchev–Trinajstić information content (AvgIpc) is 2.72. The number of benzene rings is 2. The predicted molar refractivity (Wildman–Crippen MR) is 115 cm³/mol. The summed E-state index contributed by atoms with van der Waals surface area (Å²) in [5, 5.41) is 0.481. The molecule has 0 saturated carbocycles. The lowest BCUT2D eigenvalue weighted by molar-refractivity contribution is -0.145. The van der Waals surface area contributed by atoms with Gasteiger partial charge in [0.25, 0.3) is 5.91 Å². The van der Waals surface area contributed by atoms with E-state index in [1.807, 2.05) is 44.2 Å². The van der Waals surface area contributed by atoms with E-state index in [4.69, 9.17) is 13.9 Å². The van der Waals surface area contributed by atoms with E-state index < -0.39 is 0 Å². The molecule has 6 nitrogen and oxygen atoms in total. The molecule has 30 heavy (non-hydrogen) atoms. The molecule has 1 fully saturated rings. The van der Waals surface area contributed by atoms with Crippen LogP contribution in [-0.4, -0.2) is 42.7 Å². The summed E-state index contributed by atoms with van der Waals surface area (Å²) in [6, 6.07) is 14.5. The van der Waals surface area contributed by atoms with Crippen molar-refractivity contribution in [2.75, 3.05) is 19.7 Å². The molecule has 0 N–H and O–H groups in total. The quantitative estimate of drug-likeness (QED) is 0.658. The fourth-order valence-corrected chi connectivity index (χ4v) is 3.93. The largest absolute Gasteiger partial charge is 0.484 e. The Balaban J connectivity index is 1.54. The number of morpholine rings is 1. The maximum absolute atomic E-state index is 13.0. The monoisotopic (exact) mass is 407 g/mol. The third kappa shape index (κ3) is 4.09. The van der Waals surface area contributed by atoms with Gasteiger partial charge in [0.05, 0.1) is 23.2 Å². The van der Waals surface area contributed by atoms with Crippen LogP contribution in [0.4, 0.5) is 0 Å². The van der Waals surface area contributed by atoms with Gasteiger partial charge in [-0.3, -0.25) is 9.59 Å². The minimum Gasteiger partial charge on any atom is -0.484 e. The first-order chi connectivity index (χ1) is 14.4. The van der Waals surface area contributed by atoms with Crippen molar-refractivity contribution >= 4 is 16.9 Å². The fourth-order valence-electron chi connectivity index (χ4n) is 3.93. The van der Waals surface area contributed by atoms with Crippen molar-refractivity contribution in [1.29, 1.82) is 0 Å². The van der Waals surface area contributed by atoms with Gasteiger partial charge < -0.3 is 18.8 Å². The first-order valence-corrected chi connectivity index (χ1v) is 10.1. The van der Waals surface area contributed by atoms with Gasteiger partial charge in [0.1, 0.15) is 17.1 Å². The molecule has 2 heterocycles. The molecule has 0 unspecified atom stereocenters. The first kappa shape index (κ1) is 20.2. The van der Waals surface area contributed by atoms with Crippen LogP contribution in [0.5, 0.6) is 5.75 Å². The number of rotatable bonds is 4. The molecule has 156 valence electrons. The van der Waals surface area contributed by atoms with Gasteiger partial charge in [-0.1, -0.05) is 30.3 Å². The topological polar surface area (TPSA) is 69.0 Å². The van der Waals surface area contributed by atoms with Crippen LogP contribution < -0.4 is 10.2 Å². The Kier molecular flexibility index (Phi) is 5.59. The van der Waals surface area contributed by atoms with Crippen molar-refractivity contribution in [3.63, 3.8) is 0 Å². The summed E-state index contributed by atoms with van der Waals surface area (Å²) in [6.07, 6.45) is 0.0175. The lowest BCUT2D eigenvalue weighted by Gasteiger charge is -2.35. The maximum Gasteiger partial charge on any atom is 0.260 e. The van der Waals surface area contributed by atoms with Crippen LogP contribution in [0.15, 0.2) is 57.7 Å². The number of hydrogen-bond acceptors (Lipinski definition) is 5. The van der Waals surface area contributed by atoms with E-state index in [1.54, 1.807) is 30.0 Å². The second-order valence-electron chi connectivity index (χ2n) is 7.73. The molecule has 1 aliphatic heterocycles. The molecule has 2 aromatic carbocycles. The zero-order valence-corrected chi connectivity index (χ0v) is 17.4. The normalized spacial score (nSPS) is 19.1. The molecule has 2 atom stereocenters. The molecule has 0 spiro atoms. The van der Waals surface area contributed by atoms with Crippen molar-refractivity contribution in [1.82, 2.24) is 4.90 Å². The zero-order chi connectivity index (χ0) is 21.3. The zero-order valence-electron chi connectivity index (χ0n) is 17.4. The molecule has 1 aliphatic rings. The van der Waals surface area contributed by atoms with Crippen LogP contribution >= 0.6 is 0 Å². The molecule has 0 bridgehead atoms. The average molecular weight is 407 g/mol. The van der Waals surface area contributed by atoms with Crippen LogP contribution in [0.3, 0.4) is 0 Å². The Labute approximate surface area is 175 Å². The van der Waals surface area contributed by atoms with Gasteiger partial charge in [-0.15, -0.1) is 0 Å². The highest BCUT2D eigenvalue weighted by Gasteiger charge is 2.26. The molecule has 0 radical (unpaired) electrons. The smallest absolute Gasteiger partial charge is 0.260 e. The van der Waals surface area contributed by atoms with Crippen LogP contribution in [0.2, 0.25) is 0 Å². The van der Waals surface area contributed by atoms with Gasteiger partial charge in [-0.25, -0.2) is 0 Å². The number of nitrogens with zero attached hydrogens (tertiary/aromatic N) is 1. The molecule has 0 aliphatic carbocycles. The van der Waals surface area contributed by atoms with E-state index in [-0.39, 0.29) is 30.2 Å². The number of amides is 1. The number of carbonyl (C=O) groups excluding carboxylic acids is 1. The third-order valence-electron chi connectivity index (χ3n) is 5.24. The van der Waals surface area contributed by atoms with Gasteiger partial charge in [0.2, 0.25) is 5.43 Å². The third-order valence-corrected chi connectivity index (χ3v) is 5.24. The molecule has 1 aromatic heterocycles. The highest BCUT2D eigenvalue weighted by Crippen LogP contribution is 2.26. The molecule has 4 rings (SSSR count). The summed E-state index contributed by atoms with van der Waals surface area (Å²) < 4.78 is 17.3. The molecular weight excluding hydrogens is 382 g/mol. The molecule has 3 aromatic rings. The summed E-state index contributed by atoms with van der Waals surface area (Å²) in [5.41, 5.74) is 1.74. The highest BCUT2D eigenvalue weighted by atomic mass is 16.5. The first-order valence-electron chi connectivity index (χ1n) is 10.1. The minimum absolute atomic E-state index is 0.00873. The van der Waals surface area contributed by atoms with Crippen LogP contribution in [-0.2, 0) is 9.53 Å². The van der Waals surface area contributed by atoms with E-state index in [0.717, 1.165) is 5.56 Å². The summed E-state index contributed by atoms with van der Waals surface area (Å²) in [4.78, 5) is 27.3. The second-order valence-corrected chi connectivity index (χ2v) is 7.73. The highest BCUT2D eigenvalue weighted by molar-refractivity contribution is 5.84. The van der Waals surface area contributed by atoms with E-state index >= 15 is 0 Å². The Hall–Kier alpha value is -3.12. The Bertz CT molecular complexity index is 1110. The van der Waals surface area contributed by atoms with Gasteiger partial charge in [0, 0.05) is 19.2 Å². The summed E-state index contributed by atoms with van der Waals surface area (Å²) >= 11 is 0. The molecule has 1 saturated heterocycles. The fraction of sp³-hybridized carbons (Fsp3) is 0.333. The van der Waals surface area contributed by atoms with Crippen molar-refractivity contribution in [2.24, 2.45) is 0 Å². The van der Waals surface area contributed by atoms with Crippen LogP contribution in [0.25, 0.3) is 22.1 Å². The minimum atomic E-state index is -0.0887. The molecule has 1 amide bonds. The van der Waals surface area contributed by atoms with Gasteiger partial charge in [-0.2, -0.15) is 0 Å². The Morgan fingerprint density at radius 2 is 1.80 bits per heavy atom. The summed E-state index contributed by atoms with van der Waals surface area (Å²) in [5.74, 6) is 0.942. The lowest BCUT2D eigenvalue weighted by atomic mass is 10.0. The van der Waals surface area contributed by atoms with Crippen molar-refractivity contribution in [2.45, 2.75) is 33.0 Å². The Morgan fingerprint density at radius 1 is 1.10 bits per heavy atom. The van der Waals surface area contributed by atoms with Gasteiger partial charge in [-0.05, 0) is 38.5 Å². The number of hydrogen-bond donors (Lipinski definition) is 0. The number of fused-ring (bicyclic) bond motifs is 1. The van der Waals surface area contributed by atoms with E-state index in [1.165, 1.54) is 0 Å². The van der Waals surface area contributed by atoms with Crippen LogP contribution in [0.1, 0.15) is 19.6 Å². The van der Waals surface area contributed by atoms with E-state index in [9.17, 15) is 9.59 Å². The van der Waals surface area contributed by atoms with Gasteiger partial charge in [0.15, 0.2) is 6.61 Å². The van der Waals surface area contributed by atoms with Crippen molar-refractivity contribution in [3.05, 3.63) is 64.5 Å². The predicted octanol–water partition coefficient (Wildman–Crippen LogP) is 3.78.